The number of carbonyl (C=O) groups excluding carboxylic acids is 1. The van der Waals surface area contributed by atoms with Crippen molar-refractivity contribution in [1.29, 1.82) is 0 Å². The number of amides is 2. The van der Waals surface area contributed by atoms with Gasteiger partial charge in [0.05, 0.1) is 0 Å². The Bertz CT molecular complexity index is 713. The normalized spacial score (nSPS) is 19.7. The number of rotatable bonds is 4. The van der Waals surface area contributed by atoms with Crippen molar-refractivity contribution < 1.29 is 4.79 Å². The SMILES string of the molecule is CN(C(N)=O)c1cccc(NC2CC(c3ccccc3Cl)C2)c1. The fourth-order valence-electron chi connectivity index (χ4n) is 2.96. The third kappa shape index (κ3) is 3.42. The van der Waals surface area contributed by atoms with Crippen LogP contribution in [0.4, 0.5) is 16.2 Å². The summed E-state index contributed by atoms with van der Waals surface area (Å²) in [6.07, 6.45) is 2.11. The minimum Gasteiger partial charge on any atom is -0.382 e. The first kappa shape index (κ1) is 15.7. The van der Waals surface area contributed by atoms with Gasteiger partial charge in [0.15, 0.2) is 0 Å². The molecule has 0 aliphatic heterocycles. The molecule has 0 saturated heterocycles. The molecule has 1 saturated carbocycles. The molecule has 0 aromatic heterocycles. The molecule has 23 heavy (non-hydrogen) atoms. The second-order valence-corrected chi connectivity index (χ2v) is 6.39. The Morgan fingerprint density at radius 2 is 1.96 bits per heavy atom. The molecular weight excluding hydrogens is 310 g/mol. The van der Waals surface area contributed by atoms with Gasteiger partial charge in [-0.3, -0.25) is 4.90 Å². The number of hydrogen-bond acceptors (Lipinski definition) is 2. The molecule has 3 rings (SSSR count). The standard InChI is InChI=1S/C18H20ClN3O/c1-22(18(20)23)15-6-4-5-13(11-15)21-14-9-12(10-14)16-7-2-3-8-17(16)19/h2-8,11-12,14,21H,9-10H2,1H3,(H2,20,23). The van der Waals surface area contributed by atoms with Crippen molar-refractivity contribution in [2.45, 2.75) is 24.8 Å². The predicted octanol–water partition coefficient (Wildman–Crippen LogP) is 4.21. The smallest absolute Gasteiger partial charge is 0.318 e. The molecule has 4 nitrogen and oxygen atoms in total. The number of hydrogen-bond donors (Lipinski definition) is 2. The number of benzene rings is 2. The van der Waals surface area contributed by atoms with Crippen LogP contribution in [0.3, 0.4) is 0 Å². The minimum absolute atomic E-state index is 0.422. The summed E-state index contributed by atoms with van der Waals surface area (Å²) in [6, 6.07) is 15.7. The number of anilines is 2. The van der Waals surface area contributed by atoms with Gasteiger partial charge in [0.2, 0.25) is 0 Å². The van der Waals surface area contributed by atoms with Crippen LogP contribution < -0.4 is 16.0 Å². The molecule has 1 aliphatic rings. The molecule has 1 fully saturated rings. The average molecular weight is 330 g/mol. The lowest BCUT2D eigenvalue weighted by atomic mass is 9.76. The van der Waals surface area contributed by atoms with Crippen molar-refractivity contribution in [1.82, 2.24) is 0 Å². The highest BCUT2D eigenvalue weighted by Crippen LogP contribution is 2.41. The number of halogens is 1. The quantitative estimate of drug-likeness (QED) is 0.882. The second kappa shape index (κ2) is 6.50. The van der Waals surface area contributed by atoms with Crippen LogP contribution in [-0.2, 0) is 0 Å². The summed E-state index contributed by atoms with van der Waals surface area (Å²) in [5, 5.41) is 4.36. The van der Waals surface area contributed by atoms with Gasteiger partial charge in [-0.2, -0.15) is 0 Å². The molecule has 0 radical (unpaired) electrons. The maximum Gasteiger partial charge on any atom is 0.318 e. The van der Waals surface area contributed by atoms with E-state index in [0.717, 1.165) is 29.2 Å². The van der Waals surface area contributed by atoms with Crippen LogP contribution in [0.5, 0.6) is 0 Å². The first-order valence-corrected chi connectivity index (χ1v) is 8.06. The van der Waals surface area contributed by atoms with Crippen molar-refractivity contribution in [3.63, 3.8) is 0 Å². The maximum absolute atomic E-state index is 11.2. The van der Waals surface area contributed by atoms with Crippen LogP contribution in [0, 0.1) is 0 Å². The third-order valence-electron chi connectivity index (χ3n) is 4.42. The van der Waals surface area contributed by atoms with Gasteiger partial charge in [-0.05, 0) is 48.6 Å². The zero-order valence-corrected chi connectivity index (χ0v) is 13.8. The largest absolute Gasteiger partial charge is 0.382 e. The highest BCUT2D eigenvalue weighted by atomic mass is 35.5. The van der Waals surface area contributed by atoms with Crippen LogP contribution in [0.15, 0.2) is 48.5 Å². The van der Waals surface area contributed by atoms with Crippen LogP contribution in [-0.4, -0.2) is 19.1 Å². The molecule has 120 valence electrons. The number of urea groups is 1. The Kier molecular flexibility index (Phi) is 4.44. The van der Waals surface area contributed by atoms with Crippen molar-refractivity contribution in [2.24, 2.45) is 5.73 Å². The van der Waals surface area contributed by atoms with E-state index in [1.807, 2.05) is 42.5 Å². The first-order valence-electron chi connectivity index (χ1n) is 7.69. The molecule has 0 heterocycles. The Balaban J connectivity index is 1.61. The number of nitrogens with zero attached hydrogens (tertiary/aromatic N) is 1. The number of nitrogens with one attached hydrogen (secondary N) is 1. The molecule has 0 spiro atoms. The monoisotopic (exact) mass is 329 g/mol. The van der Waals surface area contributed by atoms with Gasteiger partial charge in [-0.25, -0.2) is 4.79 Å². The van der Waals surface area contributed by atoms with Gasteiger partial charge in [0.1, 0.15) is 0 Å². The summed E-state index contributed by atoms with van der Waals surface area (Å²) < 4.78 is 0. The van der Waals surface area contributed by atoms with E-state index in [1.54, 1.807) is 7.05 Å². The van der Waals surface area contributed by atoms with Gasteiger partial charge in [0, 0.05) is 29.5 Å². The van der Waals surface area contributed by atoms with Gasteiger partial charge < -0.3 is 11.1 Å². The van der Waals surface area contributed by atoms with E-state index in [-0.39, 0.29) is 0 Å². The fourth-order valence-corrected chi connectivity index (χ4v) is 3.25. The zero-order chi connectivity index (χ0) is 16.4. The summed E-state index contributed by atoms with van der Waals surface area (Å²) in [5.41, 5.74) is 8.32. The van der Waals surface area contributed by atoms with Gasteiger partial charge in [0.25, 0.3) is 0 Å². The summed E-state index contributed by atoms with van der Waals surface area (Å²) in [7, 11) is 1.66. The molecule has 0 bridgehead atoms. The van der Waals surface area contributed by atoms with E-state index < -0.39 is 6.03 Å². The van der Waals surface area contributed by atoms with E-state index in [0.29, 0.717) is 12.0 Å². The minimum atomic E-state index is -0.468. The summed E-state index contributed by atoms with van der Waals surface area (Å²) in [4.78, 5) is 12.7. The topological polar surface area (TPSA) is 58.4 Å². The maximum atomic E-state index is 11.2. The number of nitrogens with two attached hydrogens (primary N) is 1. The van der Waals surface area contributed by atoms with E-state index in [4.69, 9.17) is 17.3 Å². The van der Waals surface area contributed by atoms with Gasteiger partial charge >= 0.3 is 6.03 Å². The average Bonchev–Trinajstić information content (AvgIpc) is 2.51. The fraction of sp³-hybridized carbons (Fsp3) is 0.278. The molecule has 5 heteroatoms. The first-order chi connectivity index (χ1) is 11.0. The van der Waals surface area contributed by atoms with Gasteiger partial charge in [-0.1, -0.05) is 35.9 Å². The Morgan fingerprint density at radius 3 is 2.65 bits per heavy atom. The molecule has 1 aliphatic carbocycles. The zero-order valence-electron chi connectivity index (χ0n) is 13.0. The summed E-state index contributed by atoms with van der Waals surface area (Å²) >= 11 is 6.26. The molecule has 2 aromatic carbocycles. The van der Waals surface area contributed by atoms with Crippen molar-refractivity contribution in [2.75, 3.05) is 17.3 Å². The van der Waals surface area contributed by atoms with Crippen molar-refractivity contribution in [3.8, 4) is 0 Å². The predicted molar refractivity (Wildman–Crippen MR) is 95.3 cm³/mol. The highest BCUT2D eigenvalue weighted by Gasteiger charge is 2.31. The van der Waals surface area contributed by atoms with E-state index in [9.17, 15) is 4.79 Å². The molecular formula is C18H20ClN3O. The van der Waals surface area contributed by atoms with Crippen molar-refractivity contribution >= 4 is 29.0 Å². The summed E-state index contributed by atoms with van der Waals surface area (Å²) in [6.45, 7) is 0. The van der Waals surface area contributed by atoms with E-state index in [1.165, 1.54) is 10.5 Å². The lowest BCUT2D eigenvalue weighted by molar-refractivity contribution is 0.255. The number of carbonyl (C=O) groups is 1. The molecule has 3 N–H and O–H groups in total. The third-order valence-corrected chi connectivity index (χ3v) is 4.76. The lowest BCUT2D eigenvalue weighted by Gasteiger charge is -2.37. The van der Waals surface area contributed by atoms with Crippen molar-refractivity contribution in [3.05, 3.63) is 59.1 Å². The molecule has 2 aromatic rings. The molecule has 0 unspecified atom stereocenters. The lowest BCUT2D eigenvalue weighted by Crippen LogP contribution is -2.34. The highest BCUT2D eigenvalue weighted by molar-refractivity contribution is 6.31. The molecule has 2 amide bonds. The van der Waals surface area contributed by atoms with Crippen LogP contribution >= 0.6 is 11.6 Å². The Morgan fingerprint density at radius 1 is 1.22 bits per heavy atom. The Hall–Kier alpha value is -2.20. The summed E-state index contributed by atoms with van der Waals surface area (Å²) in [5.74, 6) is 0.512. The Labute approximate surface area is 141 Å². The van der Waals surface area contributed by atoms with E-state index in [2.05, 4.69) is 11.4 Å². The van der Waals surface area contributed by atoms with Crippen LogP contribution in [0.25, 0.3) is 0 Å². The van der Waals surface area contributed by atoms with E-state index >= 15 is 0 Å². The van der Waals surface area contributed by atoms with Crippen LogP contribution in [0.2, 0.25) is 5.02 Å². The van der Waals surface area contributed by atoms with Gasteiger partial charge in [-0.15, -0.1) is 0 Å². The number of primary amides is 1. The van der Waals surface area contributed by atoms with Crippen LogP contribution in [0.1, 0.15) is 24.3 Å². The molecule has 0 atom stereocenters. The second-order valence-electron chi connectivity index (χ2n) is 5.98.